The summed E-state index contributed by atoms with van der Waals surface area (Å²) in [5.41, 5.74) is 4.07. The van der Waals surface area contributed by atoms with Crippen molar-refractivity contribution in [1.82, 2.24) is 9.55 Å². The van der Waals surface area contributed by atoms with E-state index >= 15 is 0 Å². The monoisotopic (exact) mass is 338 g/mol. The zero-order chi connectivity index (χ0) is 14.9. The summed E-state index contributed by atoms with van der Waals surface area (Å²) in [6, 6.07) is 4.16. The highest BCUT2D eigenvalue weighted by atomic mass is 79.9. The van der Waals surface area contributed by atoms with Gasteiger partial charge in [-0.1, -0.05) is 6.07 Å². The highest BCUT2D eigenvalue weighted by Gasteiger charge is 2.18. The number of hydrogen-bond acceptors (Lipinski definition) is 3. The van der Waals surface area contributed by atoms with Gasteiger partial charge in [-0.2, -0.15) is 0 Å². The van der Waals surface area contributed by atoms with Gasteiger partial charge in [-0.15, -0.1) is 0 Å². The van der Waals surface area contributed by atoms with Crippen molar-refractivity contribution in [3.05, 3.63) is 33.7 Å². The summed E-state index contributed by atoms with van der Waals surface area (Å²) < 4.78 is 8.37. The third-order valence-electron chi connectivity index (χ3n) is 3.33. The molecule has 20 heavy (non-hydrogen) atoms. The fourth-order valence-electron chi connectivity index (χ4n) is 2.42. The number of hydrogen-bond donors (Lipinski definition) is 1. The standard InChI is InChI=1S/C15H19BrN2O2/c1-9-7-10(2)14(20-4)11(8-9)13-15(16)18(3)12(17-13)5-6-19/h7-8,19H,5-6H2,1-4H3. The van der Waals surface area contributed by atoms with E-state index in [0.717, 1.165) is 33.0 Å². The lowest BCUT2D eigenvalue weighted by Gasteiger charge is -2.11. The van der Waals surface area contributed by atoms with E-state index in [1.807, 2.05) is 18.5 Å². The SMILES string of the molecule is COc1c(C)cc(C)cc1-c1nc(CCO)n(C)c1Br. The zero-order valence-corrected chi connectivity index (χ0v) is 13.8. The number of methoxy groups -OCH3 is 1. The van der Waals surface area contributed by atoms with Crippen LogP contribution < -0.4 is 4.74 Å². The molecular formula is C15H19BrN2O2. The quantitative estimate of drug-likeness (QED) is 0.932. The van der Waals surface area contributed by atoms with Crippen LogP contribution in [-0.4, -0.2) is 28.4 Å². The molecule has 0 aliphatic heterocycles. The van der Waals surface area contributed by atoms with Crippen molar-refractivity contribution in [2.24, 2.45) is 7.05 Å². The summed E-state index contributed by atoms with van der Waals surface area (Å²) in [5, 5.41) is 9.11. The molecule has 1 aromatic carbocycles. The Morgan fingerprint density at radius 1 is 1.35 bits per heavy atom. The predicted octanol–water partition coefficient (Wildman–Crippen LogP) is 3.01. The number of ether oxygens (including phenoxy) is 1. The number of rotatable bonds is 4. The Morgan fingerprint density at radius 2 is 2.05 bits per heavy atom. The van der Waals surface area contributed by atoms with Gasteiger partial charge in [0.25, 0.3) is 0 Å². The fraction of sp³-hybridized carbons (Fsp3) is 0.400. The minimum absolute atomic E-state index is 0.0840. The summed E-state index contributed by atoms with van der Waals surface area (Å²) in [6.45, 7) is 4.17. The largest absolute Gasteiger partial charge is 0.496 e. The van der Waals surface area contributed by atoms with E-state index < -0.39 is 0 Å². The molecule has 5 heteroatoms. The van der Waals surface area contributed by atoms with Crippen LogP contribution in [-0.2, 0) is 13.5 Å². The fourth-order valence-corrected chi connectivity index (χ4v) is 2.93. The Kier molecular flexibility index (Phi) is 4.50. The first-order valence-electron chi connectivity index (χ1n) is 6.47. The first-order valence-corrected chi connectivity index (χ1v) is 7.26. The summed E-state index contributed by atoms with van der Waals surface area (Å²) in [4.78, 5) is 4.64. The molecule has 2 rings (SSSR count). The van der Waals surface area contributed by atoms with E-state index in [1.54, 1.807) is 7.11 Å². The second-order valence-electron chi connectivity index (χ2n) is 4.86. The molecule has 4 nitrogen and oxygen atoms in total. The lowest BCUT2D eigenvalue weighted by atomic mass is 10.0. The molecule has 0 aliphatic rings. The number of aromatic nitrogens is 2. The summed E-state index contributed by atoms with van der Waals surface area (Å²) in [7, 11) is 3.60. The molecular weight excluding hydrogens is 320 g/mol. The molecule has 1 N–H and O–H groups in total. The molecule has 0 radical (unpaired) electrons. The molecule has 108 valence electrons. The van der Waals surface area contributed by atoms with Gasteiger partial charge >= 0.3 is 0 Å². The second-order valence-corrected chi connectivity index (χ2v) is 5.61. The van der Waals surface area contributed by atoms with E-state index in [-0.39, 0.29) is 6.61 Å². The van der Waals surface area contributed by atoms with Gasteiger partial charge in [-0.25, -0.2) is 4.98 Å². The first kappa shape index (κ1) is 15.1. The molecule has 2 aromatic rings. The molecule has 0 unspecified atom stereocenters. The van der Waals surface area contributed by atoms with Crippen LogP contribution in [0.3, 0.4) is 0 Å². The average Bonchev–Trinajstić information content (AvgIpc) is 2.67. The van der Waals surface area contributed by atoms with E-state index in [0.29, 0.717) is 6.42 Å². The van der Waals surface area contributed by atoms with Crippen molar-refractivity contribution in [2.45, 2.75) is 20.3 Å². The van der Waals surface area contributed by atoms with Crippen molar-refractivity contribution in [3.63, 3.8) is 0 Å². The average molecular weight is 339 g/mol. The second kappa shape index (κ2) is 5.97. The predicted molar refractivity (Wildman–Crippen MR) is 83.2 cm³/mol. The van der Waals surface area contributed by atoms with Gasteiger partial charge in [-0.05, 0) is 47.0 Å². The van der Waals surface area contributed by atoms with E-state index in [4.69, 9.17) is 9.84 Å². The van der Waals surface area contributed by atoms with Crippen molar-refractivity contribution >= 4 is 15.9 Å². The summed E-state index contributed by atoms with van der Waals surface area (Å²) in [5.74, 6) is 1.68. The van der Waals surface area contributed by atoms with E-state index in [9.17, 15) is 0 Å². The minimum atomic E-state index is 0.0840. The maximum atomic E-state index is 9.11. The van der Waals surface area contributed by atoms with Crippen molar-refractivity contribution in [3.8, 4) is 17.0 Å². The van der Waals surface area contributed by atoms with Gasteiger partial charge in [0.2, 0.25) is 0 Å². The van der Waals surface area contributed by atoms with Crippen LogP contribution >= 0.6 is 15.9 Å². The van der Waals surface area contributed by atoms with Gasteiger partial charge in [0.05, 0.1) is 13.7 Å². The zero-order valence-electron chi connectivity index (χ0n) is 12.2. The molecule has 0 spiro atoms. The number of aliphatic hydroxyl groups excluding tert-OH is 1. The minimum Gasteiger partial charge on any atom is -0.496 e. The van der Waals surface area contributed by atoms with Crippen LogP contribution in [0.1, 0.15) is 17.0 Å². The molecule has 0 bridgehead atoms. The Hall–Kier alpha value is -1.33. The van der Waals surface area contributed by atoms with Gasteiger partial charge in [0, 0.05) is 19.0 Å². The molecule has 0 aliphatic carbocycles. The Morgan fingerprint density at radius 3 is 2.65 bits per heavy atom. The smallest absolute Gasteiger partial charge is 0.131 e. The lowest BCUT2D eigenvalue weighted by Crippen LogP contribution is -2.00. The first-order chi connectivity index (χ1) is 9.49. The van der Waals surface area contributed by atoms with Crippen LogP contribution in [0.25, 0.3) is 11.3 Å². The van der Waals surface area contributed by atoms with Crippen LogP contribution in [0, 0.1) is 13.8 Å². The highest BCUT2D eigenvalue weighted by Crippen LogP contribution is 2.37. The Bertz CT molecular complexity index is 635. The van der Waals surface area contributed by atoms with Gasteiger partial charge in [0.1, 0.15) is 21.9 Å². The highest BCUT2D eigenvalue weighted by molar-refractivity contribution is 9.10. The van der Waals surface area contributed by atoms with Crippen molar-refractivity contribution < 1.29 is 9.84 Å². The van der Waals surface area contributed by atoms with Crippen LogP contribution in [0.4, 0.5) is 0 Å². The molecule has 1 heterocycles. The molecule has 0 saturated carbocycles. The maximum Gasteiger partial charge on any atom is 0.131 e. The molecule has 1 aromatic heterocycles. The Labute approximate surface area is 127 Å². The number of aliphatic hydroxyl groups is 1. The molecule has 0 saturated heterocycles. The van der Waals surface area contributed by atoms with E-state index in [2.05, 4.69) is 40.0 Å². The van der Waals surface area contributed by atoms with Gasteiger partial charge < -0.3 is 14.4 Å². The van der Waals surface area contributed by atoms with Crippen LogP contribution in [0.2, 0.25) is 0 Å². The maximum absolute atomic E-state index is 9.11. The Balaban J connectivity index is 2.65. The van der Waals surface area contributed by atoms with E-state index in [1.165, 1.54) is 5.56 Å². The third kappa shape index (κ3) is 2.60. The topological polar surface area (TPSA) is 47.3 Å². The number of imidazole rings is 1. The van der Waals surface area contributed by atoms with Crippen LogP contribution in [0.5, 0.6) is 5.75 Å². The van der Waals surface area contributed by atoms with Gasteiger partial charge in [-0.3, -0.25) is 0 Å². The molecule has 0 fully saturated rings. The number of aryl methyl sites for hydroxylation is 2. The number of nitrogens with zero attached hydrogens (tertiary/aromatic N) is 2. The van der Waals surface area contributed by atoms with Crippen molar-refractivity contribution in [2.75, 3.05) is 13.7 Å². The van der Waals surface area contributed by atoms with Crippen LogP contribution in [0.15, 0.2) is 16.7 Å². The summed E-state index contributed by atoms with van der Waals surface area (Å²) in [6.07, 6.45) is 0.530. The van der Waals surface area contributed by atoms with Crippen molar-refractivity contribution in [1.29, 1.82) is 0 Å². The normalized spacial score (nSPS) is 10.9. The number of benzene rings is 1. The summed E-state index contributed by atoms with van der Waals surface area (Å²) >= 11 is 3.58. The lowest BCUT2D eigenvalue weighted by molar-refractivity contribution is 0.295. The number of halogens is 1. The third-order valence-corrected chi connectivity index (χ3v) is 4.24. The molecule has 0 atom stereocenters. The van der Waals surface area contributed by atoms with Gasteiger partial charge in [0.15, 0.2) is 0 Å². The molecule has 0 amide bonds.